The van der Waals surface area contributed by atoms with Crippen molar-refractivity contribution in [3.8, 4) is 5.75 Å². The smallest absolute Gasteiger partial charge is 0.350 e. The fourth-order valence-corrected chi connectivity index (χ4v) is 6.26. The summed E-state index contributed by atoms with van der Waals surface area (Å²) in [5.74, 6) is 1.47. The first kappa shape index (κ1) is 25.9. The summed E-state index contributed by atoms with van der Waals surface area (Å²) >= 11 is 6.30. The number of hydrogen-bond acceptors (Lipinski definition) is 10. The molecule has 38 heavy (non-hydrogen) atoms. The minimum absolute atomic E-state index is 0.00122. The van der Waals surface area contributed by atoms with Gasteiger partial charge in [0, 0.05) is 18.5 Å². The van der Waals surface area contributed by atoms with Crippen LogP contribution in [0.4, 0.5) is 5.82 Å². The van der Waals surface area contributed by atoms with Gasteiger partial charge in [-0.25, -0.2) is 4.68 Å². The highest BCUT2D eigenvalue weighted by Gasteiger charge is 2.50. The lowest BCUT2D eigenvalue weighted by molar-refractivity contribution is -0.0658. The van der Waals surface area contributed by atoms with Crippen molar-refractivity contribution in [2.24, 2.45) is 0 Å². The van der Waals surface area contributed by atoms with E-state index in [2.05, 4.69) is 32.1 Å². The summed E-state index contributed by atoms with van der Waals surface area (Å²) < 4.78 is 28.5. The van der Waals surface area contributed by atoms with Gasteiger partial charge in [0.2, 0.25) is 5.28 Å². The number of aliphatic hydroxyl groups excluding tert-OH is 2. The molecule has 1 aliphatic carbocycles. The molecule has 0 radical (unpaired) electrons. The van der Waals surface area contributed by atoms with Gasteiger partial charge in [0.15, 0.2) is 11.9 Å². The van der Waals surface area contributed by atoms with E-state index in [1.54, 1.807) is 13.3 Å². The maximum absolute atomic E-state index is 11.0. The number of aliphatic hydroxyl groups is 2. The zero-order valence-electron chi connectivity index (χ0n) is 20.3. The van der Waals surface area contributed by atoms with E-state index in [1.165, 1.54) is 15.8 Å². The van der Waals surface area contributed by atoms with E-state index in [0.29, 0.717) is 16.9 Å². The number of aromatic nitrogens is 4. The summed E-state index contributed by atoms with van der Waals surface area (Å²) in [7, 11) is -2.72. The molecule has 2 fully saturated rings. The number of rotatable bonds is 7. The van der Waals surface area contributed by atoms with E-state index in [4.69, 9.17) is 35.6 Å². The van der Waals surface area contributed by atoms with Crippen LogP contribution in [0.15, 0.2) is 24.4 Å². The lowest BCUT2D eigenvalue weighted by Crippen LogP contribution is -2.58. The summed E-state index contributed by atoms with van der Waals surface area (Å²) in [6, 6.07) is 6.23. The van der Waals surface area contributed by atoms with Gasteiger partial charge < -0.3 is 39.1 Å². The standard InChI is InChI=1S/C23H27ClN5O8P/c1-35-13-2-3-15-12(6-13)4-5-23(15)9-28(10-23)19-14-7-25-29(20(14)27-22(24)26-19)21-18(31)17(30)16(37-21)8-36-11-38(32,33)34/h2-3,6-7,16-18,21,30-31H,4-5,8-11H2,1H3,(H2,32,33,34)/t16-,17-,18-,21-/m1/s1. The minimum atomic E-state index is -4.39. The van der Waals surface area contributed by atoms with Gasteiger partial charge in [0.1, 0.15) is 36.2 Å². The largest absolute Gasteiger partial charge is 0.497 e. The van der Waals surface area contributed by atoms with E-state index in [9.17, 15) is 14.8 Å². The van der Waals surface area contributed by atoms with Gasteiger partial charge in [-0.1, -0.05) is 6.07 Å². The van der Waals surface area contributed by atoms with Crippen molar-refractivity contribution in [2.75, 3.05) is 38.1 Å². The van der Waals surface area contributed by atoms with Gasteiger partial charge in [0.05, 0.1) is 25.3 Å². The second-order valence-corrected chi connectivity index (χ2v) is 11.9. The number of aryl methyl sites for hydroxylation is 1. The number of anilines is 1. The molecule has 2 aromatic heterocycles. The van der Waals surface area contributed by atoms with Crippen LogP contribution in [-0.2, 0) is 25.9 Å². The predicted octanol–water partition coefficient (Wildman–Crippen LogP) is 0.963. The molecule has 2 aliphatic heterocycles. The number of benzene rings is 1. The van der Waals surface area contributed by atoms with Crippen molar-refractivity contribution in [1.29, 1.82) is 0 Å². The molecule has 204 valence electrons. The van der Waals surface area contributed by atoms with E-state index < -0.39 is 38.5 Å². The highest BCUT2D eigenvalue weighted by atomic mass is 35.5. The van der Waals surface area contributed by atoms with Gasteiger partial charge in [0.25, 0.3) is 0 Å². The molecule has 15 heteroatoms. The van der Waals surface area contributed by atoms with Crippen molar-refractivity contribution in [1.82, 2.24) is 19.7 Å². The van der Waals surface area contributed by atoms with Gasteiger partial charge in [-0.05, 0) is 47.7 Å². The lowest BCUT2D eigenvalue weighted by Gasteiger charge is -2.49. The van der Waals surface area contributed by atoms with Crippen LogP contribution < -0.4 is 9.64 Å². The van der Waals surface area contributed by atoms with Crippen LogP contribution in [0, 0.1) is 0 Å². The Morgan fingerprint density at radius 3 is 2.76 bits per heavy atom. The number of ether oxygens (including phenoxy) is 3. The van der Waals surface area contributed by atoms with E-state index in [-0.39, 0.29) is 17.3 Å². The third-order valence-electron chi connectivity index (χ3n) is 7.57. The van der Waals surface area contributed by atoms with Crippen LogP contribution in [0.5, 0.6) is 5.75 Å². The van der Waals surface area contributed by atoms with E-state index in [1.807, 2.05) is 6.07 Å². The first-order chi connectivity index (χ1) is 18.1. The predicted molar refractivity (Wildman–Crippen MR) is 134 cm³/mol. The average Bonchev–Trinajstić information content (AvgIpc) is 3.51. The Bertz CT molecular complexity index is 1430. The topological polar surface area (TPSA) is 173 Å². The van der Waals surface area contributed by atoms with Crippen LogP contribution in [-0.4, -0.2) is 91.2 Å². The second kappa shape index (κ2) is 9.39. The quantitative estimate of drug-likeness (QED) is 0.236. The third-order valence-corrected chi connectivity index (χ3v) is 8.26. The summed E-state index contributed by atoms with van der Waals surface area (Å²) in [4.78, 5) is 28.9. The van der Waals surface area contributed by atoms with Crippen LogP contribution in [0.3, 0.4) is 0 Å². The number of methoxy groups -OCH3 is 1. The minimum Gasteiger partial charge on any atom is -0.497 e. The van der Waals surface area contributed by atoms with Crippen LogP contribution in [0.25, 0.3) is 11.0 Å². The fraction of sp³-hybridized carbons (Fsp3) is 0.522. The van der Waals surface area contributed by atoms with E-state index >= 15 is 0 Å². The number of halogens is 1. The van der Waals surface area contributed by atoms with Crippen molar-refractivity contribution in [3.63, 3.8) is 0 Å². The average molecular weight is 568 g/mol. The molecule has 0 bridgehead atoms. The van der Waals surface area contributed by atoms with Crippen molar-refractivity contribution >= 4 is 36.0 Å². The Balaban J connectivity index is 1.23. The molecule has 6 rings (SSSR count). The highest BCUT2D eigenvalue weighted by Crippen LogP contribution is 2.48. The van der Waals surface area contributed by atoms with Gasteiger partial charge in [-0.15, -0.1) is 0 Å². The highest BCUT2D eigenvalue weighted by molar-refractivity contribution is 7.51. The Labute approximate surface area is 222 Å². The molecule has 2 saturated heterocycles. The zero-order valence-corrected chi connectivity index (χ0v) is 22.0. The molecule has 0 saturated carbocycles. The molecular weight excluding hydrogens is 541 g/mol. The Kier molecular flexibility index (Phi) is 6.40. The zero-order chi connectivity index (χ0) is 26.8. The van der Waals surface area contributed by atoms with Gasteiger partial charge in [-0.2, -0.15) is 15.1 Å². The molecule has 4 heterocycles. The molecule has 0 amide bonds. The molecule has 4 N–H and O–H groups in total. The summed E-state index contributed by atoms with van der Waals surface area (Å²) in [5.41, 5.74) is 2.97. The Morgan fingerprint density at radius 2 is 2.03 bits per heavy atom. The fourth-order valence-electron chi connectivity index (χ4n) is 5.76. The maximum atomic E-state index is 11.0. The summed E-state index contributed by atoms with van der Waals surface area (Å²) in [6.45, 7) is 1.17. The molecule has 4 atom stereocenters. The van der Waals surface area contributed by atoms with Crippen molar-refractivity contribution < 1.29 is 38.8 Å². The molecule has 3 aliphatic rings. The van der Waals surface area contributed by atoms with Crippen LogP contribution in [0.1, 0.15) is 23.8 Å². The number of hydrogen-bond donors (Lipinski definition) is 4. The van der Waals surface area contributed by atoms with E-state index in [0.717, 1.165) is 31.7 Å². The summed E-state index contributed by atoms with van der Waals surface area (Å²) in [5, 5.41) is 26.1. The lowest BCUT2D eigenvalue weighted by atomic mass is 9.74. The maximum Gasteiger partial charge on any atom is 0.350 e. The normalized spacial score (nSPS) is 26.2. The molecule has 13 nitrogen and oxygen atoms in total. The number of fused-ring (bicyclic) bond motifs is 3. The summed E-state index contributed by atoms with van der Waals surface area (Å²) in [6.07, 6.45) is -2.16. The first-order valence-corrected chi connectivity index (χ1v) is 14.2. The van der Waals surface area contributed by atoms with Crippen LogP contribution in [0.2, 0.25) is 5.28 Å². The van der Waals surface area contributed by atoms with Gasteiger partial charge in [-0.3, -0.25) is 4.57 Å². The first-order valence-electron chi connectivity index (χ1n) is 12.1. The third kappa shape index (κ3) is 4.37. The SMILES string of the molecule is COc1ccc2c(c1)CCC21CN(c2nc(Cl)nc3c2cnn3[C@@H]2O[C@H](COCP(=O)(O)O)[C@@H](O)[C@H]2O)C1. The second-order valence-electron chi connectivity index (χ2n) is 10.0. The molecule has 1 spiro atoms. The van der Waals surface area contributed by atoms with Gasteiger partial charge >= 0.3 is 7.60 Å². The Morgan fingerprint density at radius 1 is 1.24 bits per heavy atom. The van der Waals surface area contributed by atoms with Crippen LogP contribution >= 0.6 is 19.2 Å². The molecular formula is C23H27ClN5O8P. The molecule has 3 aromatic rings. The number of nitrogens with zero attached hydrogens (tertiary/aromatic N) is 5. The molecule has 0 unspecified atom stereocenters. The monoisotopic (exact) mass is 567 g/mol. The van der Waals surface area contributed by atoms with Crippen molar-refractivity contribution in [3.05, 3.63) is 40.8 Å². The molecule has 1 aromatic carbocycles. The van der Waals surface area contributed by atoms with Crippen molar-refractivity contribution in [2.45, 2.75) is 42.8 Å². The Hall–Kier alpha value is -2.35.